The maximum absolute atomic E-state index is 11.1. The fourth-order valence-corrected chi connectivity index (χ4v) is 4.02. The molecule has 1 aliphatic carbocycles. The number of likely N-dealkylation sites (tertiary alicyclic amines) is 1. The highest BCUT2D eigenvalue weighted by Gasteiger charge is 2.49. The van der Waals surface area contributed by atoms with Crippen LogP contribution >= 0.6 is 0 Å². The number of hydrogen-bond acceptors (Lipinski definition) is 3. The minimum atomic E-state index is -0.616. The van der Waals surface area contributed by atoms with Crippen LogP contribution < -0.4 is 5.32 Å². The van der Waals surface area contributed by atoms with E-state index in [9.17, 15) is 4.79 Å². The Labute approximate surface area is 109 Å². The Morgan fingerprint density at radius 2 is 2.11 bits per heavy atom. The number of nitrogens with zero attached hydrogens (tertiary/aromatic N) is 1. The SMILES string of the molecule is CC1(C(=O)O)CC(N2CCC(C3CCNC3)C2)C1. The Morgan fingerprint density at radius 1 is 1.33 bits per heavy atom. The van der Waals surface area contributed by atoms with E-state index in [2.05, 4.69) is 10.2 Å². The van der Waals surface area contributed by atoms with Gasteiger partial charge in [-0.1, -0.05) is 0 Å². The van der Waals surface area contributed by atoms with Gasteiger partial charge in [0.25, 0.3) is 0 Å². The third-order valence-corrected chi connectivity index (χ3v) is 5.43. The molecular weight excluding hydrogens is 228 g/mol. The highest BCUT2D eigenvalue weighted by Crippen LogP contribution is 2.45. The summed E-state index contributed by atoms with van der Waals surface area (Å²) >= 11 is 0. The highest BCUT2D eigenvalue weighted by molar-refractivity contribution is 5.75. The van der Waals surface area contributed by atoms with Crippen LogP contribution in [0.3, 0.4) is 0 Å². The molecule has 102 valence electrons. The summed E-state index contributed by atoms with van der Waals surface area (Å²) in [5.41, 5.74) is -0.447. The van der Waals surface area contributed by atoms with E-state index in [1.807, 2.05) is 6.92 Å². The van der Waals surface area contributed by atoms with E-state index in [0.717, 1.165) is 24.7 Å². The summed E-state index contributed by atoms with van der Waals surface area (Å²) in [4.78, 5) is 13.7. The zero-order valence-electron chi connectivity index (χ0n) is 11.2. The number of carboxylic acid groups (broad SMARTS) is 1. The number of nitrogens with one attached hydrogen (secondary N) is 1. The average Bonchev–Trinajstić information content (AvgIpc) is 2.94. The van der Waals surface area contributed by atoms with Gasteiger partial charge in [-0.2, -0.15) is 0 Å². The standard InChI is InChI=1S/C14H24N2O2/c1-14(13(17)18)6-12(7-14)16-5-3-11(9-16)10-2-4-15-8-10/h10-12,15H,2-9H2,1H3,(H,17,18). The first-order valence-corrected chi connectivity index (χ1v) is 7.27. The number of rotatable bonds is 3. The number of aliphatic carboxylic acids is 1. The Balaban J connectivity index is 1.50. The molecule has 0 aromatic rings. The van der Waals surface area contributed by atoms with Crippen molar-refractivity contribution in [3.8, 4) is 0 Å². The normalized spacial score (nSPS) is 45.1. The summed E-state index contributed by atoms with van der Waals surface area (Å²) in [6, 6.07) is 0.533. The second kappa shape index (κ2) is 4.49. The van der Waals surface area contributed by atoms with Crippen LogP contribution in [-0.2, 0) is 4.79 Å². The maximum atomic E-state index is 11.1. The van der Waals surface area contributed by atoms with Crippen molar-refractivity contribution in [3.63, 3.8) is 0 Å². The van der Waals surface area contributed by atoms with E-state index in [4.69, 9.17) is 5.11 Å². The van der Waals surface area contributed by atoms with Gasteiger partial charge >= 0.3 is 5.97 Å². The molecule has 0 aromatic heterocycles. The van der Waals surface area contributed by atoms with Crippen molar-refractivity contribution < 1.29 is 9.90 Å². The molecule has 2 aliphatic heterocycles. The van der Waals surface area contributed by atoms with Crippen LogP contribution in [0.5, 0.6) is 0 Å². The van der Waals surface area contributed by atoms with E-state index in [0.29, 0.717) is 6.04 Å². The first-order chi connectivity index (χ1) is 8.58. The van der Waals surface area contributed by atoms with Crippen LogP contribution in [0, 0.1) is 17.3 Å². The van der Waals surface area contributed by atoms with Crippen molar-refractivity contribution in [2.75, 3.05) is 26.2 Å². The lowest BCUT2D eigenvalue weighted by Gasteiger charge is -2.46. The number of hydrogen-bond donors (Lipinski definition) is 2. The van der Waals surface area contributed by atoms with E-state index in [1.54, 1.807) is 0 Å². The average molecular weight is 252 g/mol. The fourth-order valence-electron chi connectivity index (χ4n) is 4.02. The second-order valence-electron chi connectivity index (χ2n) is 6.72. The molecule has 2 N–H and O–H groups in total. The lowest BCUT2D eigenvalue weighted by molar-refractivity contribution is -0.157. The minimum absolute atomic E-state index is 0.447. The van der Waals surface area contributed by atoms with Crippen LogP contribution in [0.15, 0.2) is 0 Å². The van der Waals surface area contributed by atoms with Gasteiger partial charge in [0.2, 0.25) is 0 Å². The Kier molecular flexibility index (Phi) is 3.10. The van der Waals surface area contributed by atoms with Gasteiger partial charge in [-0.05, 0) is 64.1 Å². The molecule has 0 radical (unpaired) electrons. The molecule has 1 saturated carbocycles. The van der Waals surface area contributed by atoms with E-state index < -0.39 is 11.4 Å². The topological polar surface area (TPSA) is 52.6 Å². The molecule has 3 fully saturated rings. The molecule has 2 heterocycles. The Bertz CT molecular complexity index is 333. The first kappa shape index (κ1) is 12.4. The predicted molar refractivity (Wildman–Crippen MR) is 69.4 cm³/mol. The van der Waals surface area contributed by atoms with Gasteiger partial charge in [0.05, 0.1) is 5.41 Å². The molecule has 0 bridgehead atoms. The van der Waals surface area contributed by atoms with Crippen LogP contribution in [-0.4, -0.2) is 48.2 Å². The van der Waals surface area contributed by atoms with Gasteiger partial charge in [-0.25, -0.2) is 0 Å². The largest absolute Gasteiger partial charge is 0.481 e. The molecule has 0 aromatic carbocycles. The number of carboxylic acids is 1. The summed E-state index contributed by atoms with van der Waals surface area (Å²) in [6.07, 6.45) is 4.33. The zero-order chi connectivity index (χ0) is 12.8. The van der Waals surface area contributed by atoms with Gasteiger partial charge < -0.3 is 15.3 Å². The minimum Gasteiger partial charge on any atom is -0.481 e. The van der Waals surface area contributed by atoms with Crippen molar-refractivity contribution in [3.05, 3.63) is 0 Å². The highest BCUT2D eigenvalue weighted by atomic mass is 16.4. The molecular formula is C14H24N2O2. The maximum Gasteiger partial charge on any atom is 0.309 e. The third kappa shape index (κ3) is 2.05. The monoisotopic (exact) mass is 252 g/mol. The van der Waals surface area contributed by atoms with Crippen molar-refractivity contribution in [2.45, 2.75) is 38.6 Å². The molecule has 4 nitrogen and oxygen atoms in total. The van der Waals surface area contributed by atoms with E-state index in [-0.39, 0.29) is 0 Å². The van der Waals surface area contributed by atoms with Gasteiger partial charge in [0, 0.05) is 12.6 Å². The van der Waals surface area contributed by atoms with Gasteiger partial charge in [0.1, 0.15) is 0 Å². The van der Waals surface area contributed by atoms with Crippen LogP contribution in [0.25, 0.3) is 0 Å². The lowest BCUT2D eigenvalue weighted by Crippen LogP contribution is -2.52. The molecule has 4 heteroatoms. The molecule has 2 atom stereocenters. The Morgan fingerprint density at radius 3 is 2.72 bits per heavy atom. The first-order valence-electron chi connectivity index (χ1n) is 7.27. The summed E-state index contributed by atoms with van der Waals surface area (Å²) in [5, 5.41) is 12.6. The van der Waals surface area contributed by atoms with Gasteiger partial charge in [-0.3, -0.25) is 4.79 Å². The second-order valence-corrected chi connectivity index (χ2v) is 6.72. The molecule has 0 amide bonds. The predicted octanol–water partition coefficient (Wildman–Crippen LogP) is 1.17. The summed E-state index contributed by atoms with van der Waals surface area (Å²) < 4.78 is 0. The van der Waals surface area contributed by atoms with Crippen LogP contribution in [0.1, 0.15) is 32.6 Å². The van der Waals surface area contributed by atoms with Crippen molar-refractivity contribution in [1.82, 2.24) is 10.2 Å². The molecule has 18 heavy (non-hydrogen) atoms. The van der Waals surface area contributed by atoms with Crippen LogP contribution in [0.2, 0.25) is 0 Å². The summed E-state index contributed by atoms with van der Waals surface area (Å²) in [7, 11) is 0. The van der Waals surface area contributed by atoms with Crippen LogP contribution in [0.4, 0.5) is 0 Å². The molecule has 3 rings (SSSR count). The zero-order valence-corrected chi connectivity index (χ0v) is 11.2. The number of carbonyl (C=O) groups is 1. The molecule has 0 spiro atoms. The summed E-state index contributed by atoms with van der Waals surface area (Å²) in [6.45, 7) is 6.65. The van der Waals surface area contributed by atoms with Gasteiger partial charge in [0.15, 0.2) is 0 Å². The van der Waals surface area contributed by atoms with Crippen molar-refractivity contribution in [1.29, 1.82) is 0 Å². The molecule has 3 aliphatic rings. The lowest BCUT2D eigenvalue weighted by atomic mass is 9.66. The third-order valence-electron chi connectivity index (χ3n) is 5.43. The van der Waals surface area contributed by atoms with Crippen molar-refractivity contribution >= 4 is 5.97 Å². The van der Waals surface area contributed by atoms with Crippen molar-refractivity contribution in [2.24, 2.45) is 17.3 Å². The summed E-state index contributed by atoms with van der Waals surface area (Å²) in [5.74, 6) is 1.09. The fraction of sp³-hybridized carbons (Fsp3) is 0.929. The van der Waals surface area contributed by atoms with Gasteiger partial charge in [-0.15, -0.1) is 0 Å². The molecule has 2 saturated heterocycles. The Hall–Kier alpha value is -0.610. The molecule has 2 unspecified atom stereocenters. The van der Waals surface area contributed by atoms with E-state index >= 15 is 0 Å². The quantitative estimate of drug-likeness (QED) is 0.792. The smallest absolute Gasteiger partial charge is 0.309 e. The van der Waals surface area contributed by atoms with E-state index in [1.165, 1.54) is 39.0 Å².